The molecule has 0 spiro atoms. The first-order chi connectivity index (χ1) is 14.4. The van der Waals surface area contributed by atoms with Gasteiger partial charge in [-0.15, -0.1) is 0 Å². The Kier molecular flexibility index (Phi) is 6.87. The molecule has 0 atom stereocenters. The Morgan fingerprint density at radius 3 is 2.50 bits per heavy atom. The summed E-state index contributed by atoms with van der Waals surface area (Å²) in [6, 6.07) is 17.5. The molecule has 0 fully saturated rings. The van der Waals surface area contributed by atoms with Crippen LogP contribution in [-0.2, 0) is 4.79 Å². The van der Waals surface area contributed by atoms with Gasteiger partial charge in [0.25, 0.3) is 11.8 Å². The minimum atomic E-state index is -0.396. The van der Waals surface area contributed by atoms with Crippen LogP contribution in [0.1, 0.15) is 27.3 Å². The molecular weight excluding hydrogens is 404 g/mol. The summed E-state index contributed by atoms with van der Waals surface area (Å²) in [5.74, 6) is -0.0721. The standard InChI is InChI=1S/C22H21ClN4O3/c1-15-12-18(16(2)27(15)26-22(29)17-6-4-3-5-7-17)13-24-25-21(28)14-30-20-10-8-19(23)9-11-20/h3-13H,14H2,1-2H3,(H,25,28)(H,26,29)/b24-13-. The lowest BCUT2D eigenvalue weighted by Gasteiger charge is -2.11. The van der Waals surface area contributed by atoms with Gasteiger partial charge in [0, 0.05) is 27.5 Å². The van der Waals surface area contributed by atoms with Crippen molar-refractivity contribution in [2.45, 2.75) is 13.8 Å². The second-order valence-corrected chi connectivity index (χ2v) is 6.94. The lowest BCUT2D eigenvalue weighted by molar-refractivity contribution is -0.123. The van der Waals surface area contributed by atoms with Crippen LogP contribution < -0.4 is 15.6 Å². The smallest absolute Gasteiger partial charge is 0.277 e. The van der Waals surface area contributed by atoms with E-state index in [0.717, 1.165) is 17.0 Å². The number of hydrogen-bond donors (Lipinski definition) is 2. The average molecular weight is 425 g/mol. The van der Waals surface area contributed by atoms with Crippen LogP contribution in [0.15, 0.2) is 65.8 Å². The second-order valence-electron chi connectivity index (χ2n) is 6.50. The number of rotatable bonds is 7. The van der Waals surface area contributed by atoms with Crippen molar-refractivity contribution in [3.63, 3.8) is 0 Å². The molecule has 0 saturated heterocycles. The summed E-state index contributed by atoms with van der Waals surface area (Å²) < 4.78 is 7.04. The molecule has 0 bridgehead atoms. The highest BCUT2D eigenvalue weighted by molar-refractivity contribution is 6.30. The van der Waals surface area contributed by atoms with Crippen molar-refractivity contribution in [1.82, 2.24) is 10.1 Å². The number of carbonyl (C=O) groups is 2. The number of nitrogens with one attached hydrogen (secondary N) is 2. The van der Waals surface area contributed by atoms with Gasteiger partial charge in [0.2, 0.25) is 0 Å². The van der Waals surface area contributed by atoms with E-state index in [1.54, 1.807) is 41.1 Å². The number of ether oxygens (including phenoxy) is 1. The second kappa shape index (κ2) is 9.76. The van der Waals surface area contributed by atoms with Crippen molar-refractivity contribution in [2.75, 3.05) is 12.0 Å². The normalized spacial score (nSPS) is 10.8. The lowest BCUT2D eigenvalue weighted by atomic mass is 10.2. The fourth-order valence-electron chi connectivity index (χ4n) is 2.73. The maximum absolute atomic E-state index is 12.4. The van der Waals surface area contributed by atoms with Crippen molar-refractivity contribution < 1.29 is 14.3 Å². The maximum Gasteiger partial charge on any atom is 0.277 e. The Labute approximate surface area is 179 Å². The molecule has 0 aliphatic heterocycles. The predicted molar refractivity (Wildman–Crippen MR) is 117 cm³/mol. The summed E-state index contributed by atoms with van der Waals surface area (Å²) in [6.45, 7) is 3.55. The van der Waals surface area contributed by atoms with Crippen molar-refractivity contribution in [3.05, 3.63) is 88.2 Å². The van der Waals surface area contributed by atoms with Gasteiger partial charge in [-0.1, -0.05) is 29.8 Å². The third kappa shape index (κ3) is 5.48. The van der Waals surface area contributed by atoms with Crippen LogP contribution in [0.3, 0.4) is 0 Å². The average Bonchev–Trinajstić information content (AvgIpc) is 3.01. The number of aromatic nitrogens is 1. The van der Waals surface area contributed by atoms with Gasteiger partial charge in [-0.05, 0) is 56.3 Å². The van der Waals surface area contributed by atoms with Crippen molar-refractivity contribution in [1.29, 1.82) is 0 Å². The molecule has 8 heteroatoms. The third-order valence-electron chi connectivity index (χ3n) is 4.30. The van der Waals surface area contributed by atoms with Crippen molar-refractivity contribution in [2.24, 2.45) is 5.10 Å². The number of aryl methyl sites for hydroxylation is 1. The van der Waals surface area contributed by atoms with E-state index in [1.165, 1.54) is 6.21 Å². The first-order valence-corrected chi connectivity index (χ1v) is 9.57. The number of hydrazone groups is 1. The fraction of sp³-hybridized carbons (Fsp3) is 0.136. The number of benzene rings is 2. The fourth-order valence-corrected chi connectivity index (χ4v) is 2.86. The molecule has 0 aliphatic carbocycles. The zero-order valence-corrected chi connectivity index (χ0v) is 17.3. The summed E-state index contributed by atoms with van der Waals surface area (Å²) in [6.07, 6.45) is 1.52. The number of hydrogen-bond acceptors (Lipinski definition) is 4. The molecule has 0 aliphatic rings. The number of nitrogens with zero attached hydrogens (tertiary/aromatic N) is 2. The van der Waals surface area contributed by atoms with E-state index in [-0.39, 0.29) is 12.5 Å². The molecule has 3 rings (SSSR count). The van der Waals surface area contributed by atoms with E-state index in [9.17, 15) is 9.59 Å². The van der Waals surface area contributed by atoms with Crippen LogP contribution in [0.2, 0.25) is 5.02 Å². The highest BCUT2D eigenvalue weighted by Crippen LogP contribution is 2.15. The van der Waals surface area contributed by atoms with E-state index < -0.39 is 5.91 Å². The number of halogens is 1. The summed E-state index contributed by atoms with van der Waals surface area (Å²) >= 11 is 5.81. The molecule has 2 N–H and O–H groups in total. The first kappa shape index (κ1) is 21.1. The Bertz CT molecular complexity index is 1060. The molecular formula is C22H21ClN4O3. The van der Waals surface area contributed by atoms with Gasteiger partial charge in [-0.3, -0.25) is 19.7 Å². The van der Waals surface area contributed by atoms with Gasteiger partial charge in [0.05, 0.1) is 6.21 Å². The maximum atomic E-state index is 12.4. The minimum absolute atomic E-state index is 0.175. The van der Waals surface area contributed by atoms with Crippen LogP contribution >= 0.6 is 11.6 Å². The van der Waals surface area contributed by atoms with E-state index in [0.29, 0.717) is 16.3 Å². The van der Waals surface area contributed by atoms with Gasteiger partial charge < -0.3 is 4.74 Å². The Hall–Kier alpha value is -3.58. The molecule has 30 heavy (non-hydrogen) atoms. The first-order valence-electron chi connectivity index (χ1n) is 9.19. The molecule has 1 heterocycles. The van der Waals surface area contributed by atoms with Gasteiger partial charge in [0.15, 0.2) is 6.61 Å². The highest BCUT2D eigenvalue weighted by Gasteiger charge is 2.12. The van der Waals surface area contributed by atoms with Gasteiger partial charge in [0.1, 0.15) is 5.75 Å². The Morgan fingerprint density at radius 1 is 1.10 bits per heavy atom. The van der Waals surface area contributed by atoms with Gasteiger partial charge >= 0.3 is 0 Å². The molecule has 154 valence electrons. The Morgan fingerprint density at radius 2 is 1.80 bits per heavy atom. The van der Waals surface area contributed by atoms with Gasteiger partial charge in [-0.25, -0.2) is 5.43 Å². The summed E-state index contributed by atoms with van der Waals surface area (Å²) in [5.41, 5.74) is 8.21. The molecule has 2 amide bonds. The van der Waals surface area contributed by atoms with Crippen molar-refractivity contribution in [3.8, 4) is 5.75 Å². The topological polar surface area (TPSA) is 84.7 Å². The molecule has 0 saturated carbocycles. The predicted octanol–water partition coefficient (Wildman–Crippen LogP) is 3.67. The number of carbonyl (C=O) groups excluding carboxylic acids is 2. The van der Waals surface area contributed by atoms with Crippen LogP contribution in [0, 0.1) is 13.8 Å². The molecule has 0 radical (unpaired) electrons. The zero-order chi connectivity index (χ0) is 21.5. The Balaban J connectivity index is 1.56. The minimum Gasteiger partial charge on any atom is -0.484 e. The van der Waals surface area contributed by atoms with Crippen LogP contribution in [0.25, 0.3) is 0 Å². The molecule has 2 aromatic carbocycles. The quantitative estimate of drug-likeness (QED) is 0.448. The molecule has 7 nitrogen and oxygen atoms in total. The van der Waals surface area contributed by atoms with Gasteiger partial charge in [-0.2, -0.15) is 5.10 Å². The highest BCUT2D eigenvalue weighted by atomic mass is 35.5. The summed E-state index contributed by atoms with van der Waals surface area (Å²) in [4.78, 5) is 24.3. The monoisotopic (exact) mass is 424 g/mol. The van der Waals surface area contributed by atoms with Crippen LogP contribution in [0.5, 0.6) is 5.75 Å². The van der Waals surface area contributed by atoms with Crippen LogP contribution in [-0.4, -0.2) is 29.3 Å². The number of amides is 2. The molecule has 0 unspecified atom stereocenters. The van der Waals surface area contributed by atoms with E-state index in [1.807, 2.05) is 38.1 Å². The SMILES string of the molecule is Cc1cc(/C=N\NC(=O)COc2ccc(Cl)cc2)c(C)n1NC(=O)c1ccccc1. The lowest BCUT2D eigenvalue weighted by Crippen LogP contribution is -2.25. The summed E-state index contributed by atoms with van der Waals surface area (Å²) in [7, 11) is 0. The van der Waals surface area contributed by atoms with E-state index in [2.05, 4.69) is 16.0 Å². The van der Waals surface area contributed by atoms with E-state index >= 15 is 0 Å². The zero-order valence-electron chi connectivity index (χ0n) is 16.6. The molecule has 1 aromatic heterocycles. The summed E-state index contributed by atoms with van der Waals surface area (Å²) in [5, 5.41) is 4.56. The van der Waals surface area contributed by atoms with Crippen molar-refractivity contribution >= 4 is 29.6 Å². The largest absolute Gasteiger partial charge is 0.484 e. The van der Waals surface area contributed by atoms with E-state index in [4.69, 9.17) is 16.3 Å². The molecule has 3 aromatic rings. The van der Waals surface area contributed by atoms with Crippen LogP contribution in [0.4, 0.5) is 0 Å². The third-order valence-corrected chi connectivity index (χ3v) is 4.55.